The van der Waals surface area contributed by atoms with Gasteiger partial charge < -0.3 is 5.11 Å². The van der Waals surface area contributed by atoms with Gasteiger partial charge in [0, 0.05) is 0 Å². The van der Waals surface area contributed by atoms with Crippen LogP contribution in [0.15, 0.2) is 23.3 Å². The minimum Gasteiger partial charge on any atom is -0.392 e. The number of hydrogen-bond donors (Lipinski definition) is 1. The van der Waals surface area contributed by atoms with Crippen molar-refractivity contribution >= 4 is 0 Å². The SMILES string of the molecule is CCC(=CCCC(C)=CCO)CC. The Bertz CT molecular complexity index is 172. The van der Waals surface area contributed by atoms with Crippen LogP contribution in [-0.4, -0.2) is 11.7 Å². The van der Waals surface area contributed by atoms with E-state index in [0.29, 0.717) is 0 Å². The molecule has 0 amide bonds. The van der Waals surface area contributed by atoms with Crippen LogP contribution in [0.5, 0.6) is 0 Å². The molecule has 1 N–H and O–H groups in total. The zero-order valence-corrected chi connectivity index (χ0v) is 9.14. The standard InChI is InChI=1S/C12H22O/c1-4-12(5-2)8-6-7-11(3)9-10-13/h8-9,13H,4-7,10H2,1-3H3. The number of aliphatic hydroxyl groups excluding tert-OH is 1. The van der Waals surface area contributed by atoms with Gasteiger partial charge in [-0.2, -0.15) is 0 Å². The summed E-state index contributed by atoms with van der Waals surface area (Å²) in [6.45, 7) is 6.64. The van der Waals surface area contributed by atoms with Crippen LogP contribution in [-0.2, 0) is 0 Å². The Morgan fingerprint density at radius 3 is 2.23 bits per heavy atom. The molecule has 0 aromatic rings. The fourth-order valence-electron chi connectivity index (χ4n) is 1.30. The van der Waals surface area contributed by atoms with Crippen LogP contribution in [0.2, 0.25) is 0 Å². The highest BCUT2D eigenvalue weighted by Crippen LogP contribution is 2.10. The van der Waals surface area contributed by atoms with Crippen molar-refractivity contribution in [3.63, 3.8) is 0 Å². The fraction of sp³-hybridized carbons (Fsp3) is 0.667. The summed E-state index contributed by atoms with van der Waals surface area (Å²) in [5, 5.41) is 8.65. The molecule has 0 aliphatic carbocycles. The van der Waals surface area contributed by atoms with Gasteiger partial charge >= 0.3 is 0 Å². The van der Waals surface area contributed by atoms with Gasteiger partial charge in [-0.15, -0.1) is 0 Å². The number of hydrogen-bond acceptors (Lipinski definition) is 1. The number of rotatable bonds is 6. The molecule has 0 saturated carbocycles. The first kappa shape index (κ1) is 12.4. The molecule has 0 fully saturated rings. The molecule has 0 atom stereocenters. The van der Waals surface area contributed by atoms with E-state index in [9.17, 15) is 0 Å². The fourth-order valence-corrected chi connectivity index (χ4v) is 1.30. The zero-order valence-electron chi connectivity index (χ0n) is 9.14. The first-order valence-corrected chi connectivity index (χ1v) is 5.18. The lowest BCUT2D eigenvalue weighted by molar-refractivity contribution is 0.341. The van der Waals surface area contributed by atoms with Gasteiger partial charge in [-0.3, -0.25) is 0 Å². The minimum atomic E-state index is 0.171. The molecule has 0 aromatic heterocycles. The van der Waals surface area contributed by atoms with Crippen molar-refractivity contribution in [3.05, 3.63) is 23.3 Å². The Labute approximate surface area is 82.2 Å². The second kappa shape index (κ2) is 8.06. The van der Waals surface area contributed by atoms with E-state index < -0.39 is 0 Å². The molecule has 0 aliphatic rings. The first-order chi connectivity index (χ1) is 6.24. The van der Waals surface area contributed by atoms with Crippen LogP contribution in [0.3, 0.4) is 0 Å². The van der Waals surface area contributed by atoms with Crippen molar-refractivity contribution in [2.24, 2.45) is 0 Å². The average molecular weight is 182 g/mol. The monoisotopic (exact) mass is 182 g/mol. The predicted molar refractivity (Wildman–Crippen MR) is 58.7 cm³/mol. The third-order valence-electron chi connectivity index (χ3n) is 2.32. The molecule has 0 radical (unpaired) electrons. The van der Waals surface area contributed by atoms with Gasteiger partial charge in [0.1, 0.15) is 0 Å². The number of allylic oxidation sites excluding steroid dienone is 3. The maximum atomic E-state index is 8.65. The molecule has 1 heteroatoms. The smallest absolute Gasteiger partial charge is 0.0614 e. The van der Waals surface area contributed by atoms with Gasteiger partial charge in [-0.1, -0.05) is 37.1 Å². The molecule has 0 rings (SSSR count). The summed E-state index contributed by atoms with van der Waals surface area (Å²) in [5.74, 6) is 0. The highest BCUT2D eigenvalue weighted by molar-refractivity contribution is 5.04. The highest BCUT2D eigenvalue weighted by atomic mass is 16.2. The largest absolute Gasteiger partial charge is 0.392 e. The van der Waals surface area contributed by atoms with Crippen molar-refractivity contribution < 1.29 is 5.11 Å². The zero-order chi connectivity index (χ0) is 10.1. The quantitative estimate of drug-likeness (QED) is 0.624. The molecule has 76 valence electrons. The topological polar surface area (TPSA) is 20.2 Å². The summed E-state index contributed by atoms with van der Waals surface area (Å²) in [6, 6.07) is 0. The third kappa shape index (κ3) is 6.59. The van der Waals surface area contributed by atoms with Gasteiger partial charge in [-0.05, 0) is 32.6 Å². The molecule has 0 bridgehead atoms. The predicted octanol–water partition coefficient (Wildman–Crippen LogP) is 3.45. The van der Waals surface area contributed by atoms with E-state index in [0.717, 1.165) is 12.8 Å². The molecule has 1 nitrogen and oxygen atoms in total. The lowest BCUT2D eigenvalue weighted by atomic mass is 10.1. The van der Waals surface area contributed by atoms with Gasteiger partial charge in [0.05, 0.1) is 6.61 Å². The molecule has 0 spiro atoms. The van der Waals surface area contributed by atoms with E-state index in [1.807, 2.05) is 6.08 Å². The van der Waals surface area contributed by atoms with Crippen LogP contribution < -0.4 is 0 Å². The normalized spacial score (nSPS) is 11.5. The van der Waals surface area contributed by atoms with E-state index in [4.69, 9.17) is 5.11 Å². The van der Waals surface area contributed by atoms with Crippen molar-refractivity contribution in [1.82, 2.24) is 0 Å². The van der Waals surface area contributed by atoms with Crippen molar-refractivity contribution in [3.8, 4) is 0 Å². The van der Waals surface area contributed by atoms with Crippen LogP contribution in [0, 0.1) is 0 Å². The van der Waals surface area contributed by atoms with E-state index in [1.54, 1.807) is 0 Å². The molecule has 0 aromatic carbocycles. The summed E-state index contributed by atoms with van der Waals surface area (Å²) < 4.78 is 0. The molecule has 0 unspecified atom stereocenters. The van der Waals surface area contributed by atoms with Gasteiger partial charge in [0.25, 0.3) is 0 Å². The second-order valence-electron chi connectivity index (χ2n) is 3.34. The minimum absolute atomic E-state index is 0.171. The van der Waals surface area contributed by atoms with Crippen LogP contribution in [0.4, 0.5) is 0 Å². The molecule has 0 saturated heterocycles. The first-order valence-electron chi connectivity index (χ1n) is 5.18. The molecular weight excluding hydrogens is 160 g/mol. The van der Waals surface area contributed by atoms with E-state index >= 15 is 0 Å². The van der Waals surface area contributed by atoms with Crippen molar-refractivity contribution in [2.45, 2.75) is 46.5 Å². The van der Waals surface area contributed by atoms with Crippen LogP contribution in [0.25, 0.3) is 0 Å². The lowest BCUT2D eigenvalue weighted by Crippen LogP contribution is -1.82. The summed E-state index contributed by atoms with van der Waals surface area (Å²) >= 11 is 0. The van der Waals surface area contributed by atoms with E-state index in [-0.39, 0.29) is 6.61 Å². The summed E-state index contributed by atoms with van der Waals surface area (Å²) in [7, 11) is 0. The molecule has 0 aliphatic heterocycles. The Morgan fingerprint density at radius 1 is 1.15 bits per heavy atom. The van der Waals surface area contributed by atoms with Gasteiger partial charge in [-0.25, -0.2) is 0 Å². The lowest BCUT2D eigenvalue weighted by Gasteiger charge is -2.00. The summed E-state index contributed by atoms with van der Waals surface area (Å²) in [4.78, 5) is 0. The van der Waals surface area contributed by atoms with Crippen LogP contribution in [0.1, 0.15) is 46.5 Å². The number of aliphatic hydroxyl groups is 1. The molecular formula is C12H22O. The van der Waals surface area contributed by atoms with Crippen molar-refractivity contribution in [2.75, 3.05) is 6.61 Å². The summed E-state index contributed by atoms with van der Waals surface area (Å²) in [6.07, 6.45) is 8.72. The second-order valence-corrected chi connectivity index (χ2v) is 3.34. The van der Waals surface area contributed by atoms with E-state index in [1.165, 1.54) is 24.0 Å². The highest BCUT2D eigenvalue weighted by Gasteiger charge is 1.91. The Balaban J connectivity index is 3.76. The molecule has 0 heterocycles. The van der Waals surface area contributed by atoms with Gasteiger partial charge in [0.2, 0.25) is 0 Å². The maximum absolute atomic E-state index is 8.65. The Kier molecular flexibility index (Phi) is 7.71. The van der Waals surface area contributed by atoms with Gasteiger partial charge in [0.15, 0.2) is 0 Å². The summed E-state index contributed by atoms with van der Waals surface area (Å²) in [5.41, 5.74) is 2.82. The van der Waals surface area contributed by atoms with Crippen molar-refractivity contribution in [1.29, 1.82) is 0 Å². The molecule has 13 heavy (non-hydrogen) atoms. The maximum Gasteiger partial charge on any atom is 0.0614 e. The Morgan fingerprint density at radius 2 is 1.77 bits per heavy atom. The third-order valence-corrected chi connectivity index (χ3v) is 2.32. The average Bonchev–Trinajstić information content (AvgIpc) is 2.13. The Hall–Kier alpha value is -0.560. The van der Waals surface area contributed by atoms with Crippen LogP contribution >= 0.6 is 0 Å². The van der Waals surface area contributed by atoms with E-state index in [2.05, 4.69) is 26.8 Å².